The summed E-state index contributed by atoms with van der Waals surface area (Å²) < 4.78 is 0. The number of amides is 1. The van der Waals surface area contributed by atoms with Crippen LogP contribution in [0.25, 0.3) is 0 Å². The number of thiophene rings is 1. The second-order valence-electron chi connectivity index (χ2n) is 10.9. The van der Waals surface area contributed by atoms with E-state index in [0.29, 0.717) is 22.8 Å². The van der Waals surface area contributed by atoms with Crippen LogP contribution in [0.3, 0.4) is 0 Å². The maximum Gasteiger partial charge on any atom is 0.222 e. The molecule has 2 nitrogen and oxygen atoms in total. The highest BCUT2D eigenvalue weighted by Crippen LogP contribution is 2.66. The van der Waals surface area contributed by atoms with Gasteiger partial charge in [-0.2, -0.15) is 0 Å². The summed E-state index contributed by atoms with van der Waals surface area (Å²) in [5.74, 6) is 3.99. The molecule has 0 spiro atoms. The molecule has 4 fully saturated rings. The van der Waals surface area contributed by atoms with Crippen molar-refractivity contribution >= 4 is 17.2 Å². The zero-order valence-electron chi connectivity index (χ0n) is 18.0. The maximum atomic E-state index is 12.3. The zero-order valence-corrected chi connectivity index (χ0v) is 18.8. The smallest absolute Gasteiger partial charge is 0.222 e. The third kappa shape index (κ3) is 2.75. The van der Waals surface area contributed by atoms with Gasteiger partial charge in [-0.15, -0.1) is 11.3 Å². The van der Waals surface area contributed by atoms with Gasteiger partial charge in [-0.3, -0.25) is 4.79 Å². The molecule has 1 aliphatic heterocycles. The first-order chi connectivity index (χ1) is 13.4. The number of likely N-dealkylation sites (tertiary alicyclic amines) is 1. The monoisotopic (exact) mass is 399 g/mol. The molecule has 7 atom stereocenters. The van der Waals surface area contributed by atoms with Crippen molar-refractivity contribution in [2.45, 2.75) is 84.1 Å². The normalized spacial score (nSPS) is 45.5. The number of piperidine rings is 1. The Morgan fingerprint density at radius 3 is 2.68 bits per heavy atom. The molecule has 5 rings (SSSR count). The zero-order chi connectivity index (χ0) is 19.5. The first-order valence-corrected chi connectivity index (χ1v) is 12.6. The van der Waals surface area contributed by atoms with Gasteiger partial charge >= 0.3 is 0 Å². The van der Waals surface area contributed by atoms with Gasteiger partial charge in [0.2, 0.25) is 5.91 Å². The Labute approximate surface area is 175 Å². The minimum atomic E-state index is 0.363. The quantitative estimate of drug-likeness (QED) is 0.596. The molecule has 1 aromatic heterocycles. The van der Waals surface area contributed by atoms with E-state index in [9.17, 15) is 4.79 Å². The summed E-state index contributed by atoms with van der Waals surface area (Å²) in [4.78, 5) is 16.0. The minimum absolute atomic E-state index is 0.363. The fraction of sp³-hybridized carbons (Fsp3) is 0.800. The van der Waals surface area contributed by atoms with Crippen LogP contribution in [0.5, 0.6) is 0 Å². The van der Waals surface area contributed by atoms with E-state index in [4.69, 9.17) is 0 Å². The molecular weight excluding hydrogens is 362 g/mol. The summed E-state index contributed by atoms with van der Waals surface area (Å²) >= 11 is 1.93. The first kappa shape index (κ1) is 19.2. The highest BCUT2D eigenvalue weighted by Gasteiger charge is 2.60. The van der Waals surface area contributed by atoms with E-state index in [2.05, 4.69) is 43.3 Å². The molecule has 3 aliphatic carbocycles. The van der Waals surface area contributed by atoms with E-state index in [1.165, 1.54) is 51.4 Å². The number of carbonyl (C=O) groups excluding carboxylic acids is 1. The molecule has 3 heteroatoms. The molecule has 1 aromatic rings. The van der Waals surface area contributed by atoms with Crippen molar-refractivity contribution in [2.75, 3.05) is 7.05 Å². The number of hydrogen-bond acceptors (Lipinski definition) is 2. The Morgan fingerprint density at radius 1 is 1.07 bits per heavy atom. The molecule has 154 valence electrons. The fourth-order valence-corrected chi connectivity index (χ4v) is 9.23. The SMILES string of the molecule is CN1C(=O)CC[C@@]2(C)C1CC[C@H]1[C@@H]3CC[C@H](CCc4cccs4)[C@@]3(C)CC[C@@H]12. The Kier molecular flexibility index (Phi) is 4.69. The molecule has 1 saturated heterocycles. The van der Waals surface area contributed by atoms with Crippen LogP contribution in [0.4, 0.5) is 0 Å². The highest BCUT2D eigenvalue weighted by molar-refractivity contribution is 7.09. The summed E-state index contributed by atoms with van der Waals surface area (Å²) in [6.07, 6.45) is 12.9. The minimum Gasteiger partial charge on any atom is -0.342 e. The second kappa shape index (κ2) is 6.86. The van der Waals surface area contributed by atoms with Crippen LogP contribution in [0.2, 0.25) is 0 Å². The molecule has 28 heavy (non-hydrogen) atoms. The Morgan fingerprint density at radius 2 is 1.89 bits per heavy atom. The summed E-state index contributed by atoms with van der Waals surface area (Å²) in [5, 5.41) is 2.23. The number of hydrogen-bond donors (Lipinski definition) is 0. The van der Waals surface area contributed by atoms with Gasteiger partial charge in [0.15, 0.2) is 0 Å². The van der Waals surface area contributed by atoms with Gasteiger partial charge in [-0.05, 0) is 104 Å². The number of nitrogens with zero attached hydrogens (tertiary/aromatic N) is 1. The Balaban J connectivity index is 1.34. The van der Waals surface area contributed by atoms with Crippen LogP contribution in [-0.2, 0) is 11.2 Å². The van der Waals surface area contributed by atoms with Crippen LogP contribution >= 0.6 is 11.3 Å². The molecule has 1 amide bonds. The van der Waals surface area contributed by atoms with Crippen molar-refractivity contribution in [3.63, 3.8) is 0 Å². The second-order valence-corrected chi connectivity index (χ2v) is 11.9. The van der Waals surface area contributed by atoms with Gasteiger partial charge in [0, 0.05) is 24.4 Å². The van der Waals surface area contributed by atoms with Crippen LogP contribution in [0.15, 0.2) is 17.5 Å². The highest BCUT2D eigenvalue weighted by atomic mass is 32.1. The van der Waals surface area contributed by atoms with Gasteiger partial charge in [-0.1, -0.05) is 19.9 Å². The molecule has 4 aliphatic rings. The van der Waals surface area contributed by atoms with Crippen molar-refractivity contribution < 1.29 is 4.79 Å². The lowest BCUT2D eigenvalue weighted by Gasteiger charge is -2.62. The van der Waals surface area contributed by atoms with E-state index in [1.807, 2.05) is 11.3 Å². The number of aryl methyl sites for hydroxylation is 1. The van der Waals surface area contributed by atoms with E-state index in [1.54, 1.807) is 4.88 Å². The predicted octanol–water partition coefficient (Wildman–Crippen LogP) is 6.16. The van der Waals surface area contributed by atoms with Crippen LogP contribution in [0.1, 0.15) is 76.5 Å². The molecule has 1 unspecified atom stereocenters. The third-order valence-electron chi connectivity index (χ3n) is 10.1. The standard InChI is InChI=1S/C25H37NOS/c1-24-14-12-21-19(9-11-22-25(21,2)15-13-23(27)26(22)3)20(24)10-7-17(24)6-8-18-5-4-16-28-18/h4-5,16-17,19-22H,6-15H2,1-3H3/t17-,19-,20-,21-,22?,24+,25+/m0/s1. The summed E-state index contributed by atoms with van der Waals surface area (Å²) in [7, 11) is 2.08. The summed E-state index contributed by atoms with van der Waals surface area (Å²) in [5.41, 5.74) is 0.931. The number of rotatable bonds is 3. The van der Waals surface area contributed by atoms with Crippen molar-refractivity contribution in [2.24, 2.45) is 34.5 Å². The van der Waals surface area contributed by atoms with Gasteiger partial charge in [0.25, 0.3) is 0 Å². The average molecular weight is 400 g/mol. The molecule has 0 bridgehead atoms. The third-order valence-corrected chi connectivity index (χ3v) is 11.0. The van der Waals surface area contributed by atoms with Gasteiger partial charge in [-0.25, -0.2) is 0 Å². The first-order valence-electron chi connectivity index (χ1n) is 11.7. The molecule has 3 saturated carbocycles. The largest absolute Gasteiger partial charge is 0.342 e. The molecule has 0 N–H and O–H groups in total. The lowest BCUT2D eigenvalue weighted by Crippen LogP contribution is -2.61. The van der Waals surface area contributed by atoms with Gasteiger partial charge in [0.1, 0.15) is 0 Å². The lowest BCUT2D eigenvalue weighted by atomic mass is 9.46. The topological polar surface area (TPSA) is 20.3 Å². The van der Waals surface area contributed by atoms with Crippen molar-refractivity contribution in [1.29, 1.82) is 0 Å². The van der Waals surface area contributed by atoms with Crippen molar-refractivity contribution in [3.05, 3.63) is 22.4 Å². The van der Waals surface area contributed by atoms with E-state index >= 15 is 0 Å². The molecule has 2 heterocycles. The lowest BCUT2D eigenvalue weighted by molar-refractivity contribution is -0.158. The number of carbonyl (C=O) groups is 1. The molecule has 0 radical (unpaired) electrons. The van der Waals surface area contributed by atoms with Gasteiger partial charge in [0.05, 0.1) is 0 Å². The molecule has 0 aromatic carbocycles. The maximum absolute atomic E-state index is 12.3. The molecular formula is C25H37NOS. The number of fused-ring (bicyclic) bond motifs is 5. The van der Waals surface area contributed by atoms with Gasteiger partial charge < -0.3 is 4.90 Å². The van der Waals surface area contributed by atoms with Crippen molar-refractivity contribution in [3.8, 4) is 0 Å². The Bertz CT molecular complexity index is 729. The van der Waals surface area contributed by atoms with Crippen LogP contribution < -0.4 is 0 Å². The fourth-order valence-electron chi connectivity index (χ4n) is 8.50. The van der Waals surface area contributed by atoms with E-state index < -0.39 is 0 Å². The van der Waals surface area contributed by atoms with Crippen LogP contribution in [0, 0.1) is 34.5 Å². The summed E-state index contributed by atoms with van der Waals surface area (Å²) in [6.45, 7) is 5.20. The summed E-state index contributed by atoms with van der Waals surface area (Å²) in [6, 6.07) is 5.02. The van der Waals surface area contributed by atoms with E-state index in [-0.39, 0.29) is 0 Å². The van der Waals surface area contributed by atoms with Crippen LogP contribution in [-0.4, -0.2) is 23.9 Å². The predicted molar refractivity (Wildman–Crippen MR) is 116 cm³/mol. The Hall–Kier alpha value is -0.830. The van der Waals surface area contributed by atoms with Crippen molar-refractivity contribution in [1.82, 2.24) is 4.90 Å². The van der Waals surface area contributed by atoms with E-state index in [0.717, 1.165) is 36.5 Å². The average Bonchev–Trinajstić information content (AvgIpc) is 3.30.